The van der Waals surface area contributed by atoms with E-state index in [0.717, 1.165) is 4.31 Å². The molecular weight excluding hydrogens is 335 g/mol. The summed E-state index contributed by atoms with van der Waals surface area (Å²) in [6, 6.07) is 0. The summed E-state index contributed by atoms with van der Waals surface area (Å²) in [5.41, 5.74) is -2.02. The van der Waals surface area contributed by atoms with Gasteiger partial charge in [-0.15, -0.1) is 0 Å². The van der Waals surface area contributed by atoms with Crippen molar-refractivity contribution in [2.45, 2.75) is 37.8 Å². The first-order chi connectivity index (χ1) is 10.5. The van der Waals surface area contributed by atoms with Crippen LogP contribution in [0.3, 0.4) is 0 Å². The Bertz CT molecular complexity index is 657. The van der Waals surface area contributed by atoms with Crippen LogP contribution in [0.15, 0.2) is 11.1 Å². The highest BCUT2D eigenvalue weighted by atomic mass is 32.2. The maximum absolute atomic E-state index is 12.9. The number of aromatic nitrogens is 2. The minimum atomic E-state index is -4.83. The topological polar surface area (TPSA) is 86.3 Å². The molecule has 2 rings (SSSR count). The molecule has 1 aromatic heterocycles. The summed E-state index contributed by atoms with van der Waals surface area (Å²) in [6.07, 6.45) is -3.04. The summed E-state index contributed by atoms with van der Waals surface area (Å²) in [4.78, 5) is -0.873. The number of piperidine rings is 1. The van der Waals surface area contributed by atoms with Crippen LogP contribution in [0.5, 0.6) is 0 Å². The smallest absolute Gasteiger partial charge is 0.396 e. The lowest BCUT2D eigenvalue weighted by Gasteiger charge is -2.43. The van der Waals surface area contributed by atoms with Gasteiger partial charge in [0.25, 0.3) is 0 Å². The van der Waals surface area contributed by atoms with Gasteiger partial charge in [-0.25, -0.2) is 8.42 Å². The van der Waals surface area contributed by atoms with Crippen molar-refractivity contribution < 1.29 is 26.7 Å². The molecule has 23 heavy (non-hydrogen) atoms. The Morgan fingerprint density at radius 3 is 2.65 bits per heavy atom. The van der Waals surface area contributed by atoms with Crippen LogP contribution in [0.25, 0.3) is 0 Å². The zero-order chi connectivity index (χ0) is 17.5. The Kier molecular flexibility index (Phi) is 4.80. The van der Waals surface area contributed by atoms with Crippen LogP contribution in [0.1, 0.15) is 32.4 Å². The van der Waals surface area contributed by atoms with Gasteiger partial charge in [0.1, 0.15) is 4.90 Å². The zero-order valence-electron chi connectivity index (χ0n) is 12.9. The fourth-order valence-corrected chi connectivity index (χ4v) is 4.60. The van der Waals surface area contributed by atoms with E-state index in [1.165, 1.54) is 0 Å². The Labute approximate surface area is 132 Å². The minimum Gasteiger partial charge on any atom is -0.396 e. The summed E-state index contributed by atoms with van der Waals surface area (Å²) < 4.78 is 65.1. The van der Waals surface area contributed by atoms with Crippen molar-refractivity contribution in [1.82, 2.24) is 14.5 Å². The van der Waals surface area contributed by atoms with Crippen LogP contribution in [-0.2, 0) is 16.2 Å². The second kappa shape index (κ2) is 6.06. The maximum atomic E-state index is 12.9. The highest BCUT2D eigenvalue weighted by molar-refractivity contribution is 7.89. The molecule has 1 unspecified atom stereocenters. The van der Waals surface area contributed by atoms with Crippen LogP contribution in [0.2, 0.25) is 0 Å². The number of H-pyrrole nitrogens is 1. The van der Waals surface area contributed by atoms with Crippen molar-refractivity contribution in [3.05, 3.63) is 11.9 Å². The Morgan fingerprint density at radius 1 is 1.48 bits per heavy atom. The van der Waals surface area contributed by atoms with Gasteiger partial charge < -0.3 is 5.11 Å². The van der Waals surface area contributed by atoms with E-state index in [9.17, 15) is 26.7 Å². The highest BCUT2D eigenvalue weighted by Gasteiger charge is 2.45. The van der Waals surface area contributed by atoms with Gasteiger partial charge in [-0.05, 0) is 18.8 Å². The number of hydrogen-bond donors (Lipinski definition) is 2. The standard InChI is InChI=1S/C13H20F3N3O3S/c1-9(2)12(8-20)4-3-5-19(7-12)23(21,22)10-6-17-18-11(10)13(14,15)16/h6,9,20H,3-5,7-8H2,1-2H3,(H,17,18). The Hall–Kier alpha value is -1.13. The van der Waals surface area contributed by atoms with Crippen molar-refractivity contribution in [2.75, 3.05) is 19.7 Å². The summed E-state index contributed by atoms with van der Waals surface area (Å²) in [5.74, 6) is -0.00284. The average molecular weight is 355 g/mol. The number of hydrogen-bond acceptors (Lipinski definition) is 4. The van der Waals surface area contributed by atoms with Crippen LogP contribution in [0.4, 0.5) is 13.2 Å². The first-order valence-electron chi connectivity index (χ1n) is 7.26. The molecule has 1 aliphatic rings. The van der Waals surface area contributed by atoms with Gasteiger partial charge in [-0.3, -0.25) is 5.10 Å². The molecule has 0 aliphatic carbocycles. The predicted octanol–water partition coefficient (Wildman–Crippen LogP) is 1.85. The van der Waals surface area contributed by atoms with E-state index < -0.39 is 32.2 Å². The third kappa shape index (κ3) is 3.24. The lowest BCUT2D eigenvalue weighted by Crippen LogP contribution is -2.50. The number of aromatic amines is 1. The molecule has 1 atom stereocenters. The van der Waals surface area contributed by atoms with E-state index in [1.54, 1.807) is 5.10 Å². The van der Waals surface area contributed by atoms with Gasteiger partial charge in [0.2, 0.25) is 10.0 Å². The van der Waals surface area contributed by atoms with Gasteiger partial charge in [0.05, 0.1) is 12.8 Å². The highest BCUT2D eigenvalue weighted by Crippen LogP contribution is 2.40. The lowest BCUT2D eigenvalue weighted by atomic mass is 9.72. The Balaban J connectivity index is 2.39. The number of nitrogens with zero attached hydrogens (tertiary/aromatic N) is 2. The van der Waals surface area contributed by atoms with Crippen molar-refractivity contribution in [3.63, 3.8) is 0 Å². The summed E-state index contributed by atoms with van der Waals surface area (Å²) in [7, 11) is -4.34. The normalized spacial score (nSPS) is 24.3. The second-order valence-electron chi connectivity index (χ2n) is 6.22. The summed E-state index contributed by atoms with van der Waals surface area (Å²) in [5, 5.41) is 14.6. The van der Waals surface area contributed by atoms with Gasteiger partial charge in [-0.2, -0.15) is 22.6 Å². The second-order valence-corrected chi connectivity index (χ2v) is 8.13. The number of aliphatic hydroxyl groups excluding tert-OH is 1. The molecule has 1 aliphatic heterocycles. The monoisotopic (exact) mass is 355 g/mol. The van der Waals surface area contributed by atoms with Gasteiger partial charge in [0.15, 0.2) is 5.69 Å². The average Bonchev–Trinajstić information content (AvgIpc) is 2.97. The van der Waals surface area contributed by atoms with Crippen LogP contribution >= 0.6 is 0 Å². The molecule has 132 valence electrons. The molecule has 2 heterocycles. The number of nitrogens with one attached hydrogen (secondary N) is 1. The van der Waals surface area contributed by atoms with Gasteiger partial charge in [0, 0.05) is 18.5 Å². The lowest BCUT2D eigenvalue weighted by molar-refractivity contribution is -0.143. The van der Waals surface area contributed by atoms with E-state index in [2.05, 4.69) is 5.10 Å². The van der Waals surface area contributed by atoms with Crippen molar-refractivity contribution in [2.24, 2.45) is 11.3 Å². The largest absolute Gasteiger partial charge is 0.434 e. The van der Waals surface area contributed by atoms with E-state index in [0.29, 0.717) is 19.0 Å². The molecular formula is C13H20F3N3O3S. The van der Waals surface area contributed by atoms with E-state index in [-0.39, 0.29) is 25.6 Å². The molecule has 2 N–H and O–H groups in total. The molecule has 0 saturated carbocycles. The third-order valence-corrected chi connectivity index (χ3v) is 6.48. The van der Waals surface area contributed by atoms with E-state index >= 15 is 0 Å². The van der Waals surface area contributed by atoms with Gasteiger partial charge >= 0.3 is 6.18 Å². The third-order valence-electron chi connectivity index (χ3n) is 4.62. The van der Waals surface area contributed by atoms with Crippen LogP contribution < -0.4 is 0 Å². The van der Waals surface area contributed by atoms with Crippen molar-refractivity contribution in [3.8, 4) is 0 Å². The zero-order valence-corrected chi connectivity index (χ0v) is 13.7. The Morgan fingerprint density at radius 2 is 2.13 bits per heavy atom. The molecule has 0 radical (unpaired) electrons. The number of rotatable bonds is 4. The number of sulfonamides is 1. The molecule has 0 spiro atoms. The first-order valence-corrected chi connectivity index (χ1v) is 8.70. The molecule has 0 bridgehead atoms. The van der Waals surface area contributed by atoms with Crippen molar-refractivity contribution >= 4 is 10.0 Å². The predicted molar refractivity (Wildman–Crippen MR) is 75.9 cm³/mol. The van der Waals surface area contributed by atoms with E-state index in [4.69, 9.17) is 0 Å². The number of alkyl halides is 3. The molecule has 6 nitrogen and oxygen atoms in total. The SMILES string of the molecule is CC(C)C1(CO)CCCN(S(=O)(=O)c2cn[nH]c2C(F)(F)F)C1. The molecule has 1 aromatic rings. The molecule has 10 heteroatoms. The van der Waals surface area contributed by atoms with Crippen molar-refractivity contribution in [1.29, 1.82) is 0 Å². The first kappa shape index (κ1) is 18.2. The quantitative estimate of drug-likeness (QED) is 0.863. The minimum absolute atomic E-state index is 0.00284. The van der Waals surface area contributed by atoms with Crippen LogP contribution in [0, 0.1) is 11.3 Å². The molecule has 0 aromatic carbocycles. The van der Waals surface area contributed by atoms with E-state index in [1.807, 2.05) is 13.8 Å². The number of halogens is 3. The summed E-state index contributed by atoms with van der Waals surface area (Å²) in [6.45, 7) is 3.64. The molecule has 1 saturated heterocycles. The number of aliphatic hydroxyl groups is 1. The fraction of sp³-hybridized carbons (Fsp3) is 0.769. The van der Waals surface area contributed by atoms with Crippen LogP contribution in [-0.4, -0.2) is 47.7 Å². The maximum Gasteiger partial charge on any atom is 0.434 e. The fourth-order valence-electron chi connectivity index (χ4n) is 2.92. The molecule has 0 amide bonds. The summed E-state index contributed by atoms with van der Waals surface area (Å²) >= 11 is 0. The van der Waals surface area contributed by atoms with Gasteiger partial charge in [-0.1, -0.05) is 13.8 Å². The molecule has 1 fully saturated rings.